The van der Waals surface area contributed by atoms with Crippen LogP contribution >= 0.6 is 11.6 Å². The van der Waals surface area contributed by atoms with Crippen LogP contribution < -0.4 is 4.90 Å². The average Bonchev–Trinajstić information content (AvgIpc) is 2.81. The highest BCUT2D eigenvalue weighted by atomic mass is 35.5. The van der Waals surface area contributed by atoms with E-state index in [1.807, 2.05) is 18.2 Å². The molecule has 2 heterocycles. The molecular formula is C14H16ClN3O. The topological polar surface area (TPSA) is 38.1 Å². The zero-order valence-electron chi connectivity index (χ0n) is 10.9. The highest BCUT2D eigenvalue weighted by molar-refractivity contribution is 6.36. The Morgan fingerprint density at radius 1 is 1.26 bits per heavy atom. The summed E-state index contributed by atoms with van der Waals surface area (Å²) in [7, 11) is 0. The third kappa shape index (κ3) is 2.10. The fourth-order valence-electron chi connectivity index (χ4n) is 2.68. The minimum absolute atomic E-state index is 0.0875. The van der Waals surface area contributed by atoms with Gasteiger partial charge in [-0.2, -0.15) is 4.68 Å². The van der Waals surface area contributed by atoms with E-state index in [9.17, 15) is 4.79 Å². The van der Waals surface area contributed by atoms with Crippen LogP contribution in [0, 0.1) is 0 Å². The molecular weight excluding hydrogens is 262 g/mol. The van der Waals surface area contributed by atoms with E-state index in [0.717, 1.165) is 29.8 Å². The van der Waals surface area contributed by atoms with Crippen LogP contribution in [0.25, 0.3) is 10.9 Å². The first-order valence-electron chi connectivity index (χ1n) is 6.61. The molecule has 0 aliphatic carbocycles. The lowest BCUT2D eigenvalue weighted by Crippen LogP contribution is -2.30. The second-order valence-corrected chi connectivity index (χ2v) is 5.34. The highest BCUT2D eigenvalue weighted by Gasteiger charge is 2.21. The lowest BCUT2D eigenvalue weighted by Gasteiger charge is -2.26. The van der Waals surface area contributed by atoms with Gasteiger partial charge in [-0.15, -0.1) is 5.10 Å². The first-order valence-corrected chi connectivity index (χ1v) is 6.99. The number of hydrogen-bond donors (Lipinski definition) is 0. The van der Waals surface area contributed by atoms with Gasteiger partial charge in [0.15, 0.2) is 5.82 Å². The largest absolute Gasteiger partial charge is 0.355 e. The molecule has 1 saturated heterocycles. The summed E-state index contributed by atoms with van der Waals surface area (Å²) in [6.45, 7) is 3.48. The van der Waals surface area contributed by atoms with Crippen LogP contribution in [-0.4, -0.2) is 28.8 Å². The van der Waals surface area contributed by atoms with E-state index in [0.29, 0.717) is 5.02 Å². The summed E-state index contributed by atoms with van der Waals surface area (Å²) in [5.41, 5.74) is 0.792. The number of fused-ring (bicyclic) bond motifs is 1. The van der Waals surface area contributed by atoms with Gasteiger partial charge in [-0.05, 0) is 31.4 Å². The van der Waals surface area contributed by atoms with Gasteiger partial charge >= 0.3 is 0 Å². The fraction of sp³-hybridized carbons (Fsp3) is 0.429. The van der Waals surface area contributed by atoms with Gasteiger partial charge in [0.2, 0.25) is 5.91 Å². The van der Waals surface area contributed by atoms with Gasteiger partial charge in [-0.25, -0.2) is 0 Å². The van der Waals surface area contributed by atoms with Crippen LogP contribution in [0.1, 0.15) is 31.0 Å². The average molecular weight is 278 g/mol. The zero-order chi connectivity index (χ0) is 13.4. The van der Waals surface area contributed by atoms with Crippen LogP contribution in [0.3, 0.4) is 0 Å². The molecule has 0 bridgehead atoms. The molecule has 2 aromatic rings. The quantitative estimate of drug-likeness (QED) is 0.802. The first kappa shape index (κ1) is 12.5. The summed E-state index contributed by atoms with van der Waals surface area (Å²) in [5, 5.41) is 6.03. The van der Waals surface area contributed by atoms with Crippen molar-refractivity contribution in [2.75, 3.05) is 18.0 Å². The van der Waals surface area contributed by atoms with E-state index in [1.165, 1.54) is 30.9 Å². The number of piperidine rings is 1. The Balaban J connectivity index is 2.20. The Kier molecular flexibility index (Phi) is 3.19. The molecule has 100 valence electrons. The van der Waals surface area contributed by atoms with Crippen LogP contribution in [0.4, 0.5) is 5.82 Å². The molecule has 5 heteroatoms. The van der Waals surface area contributed by atoms with Crippen molar-refractivity contribution in [1.29, 1.82) is 0 Å². The van der Waals surface area contributed by atoms with Crippen molar-refractivity contribution in [2.45, 2.75) is 26.2 Å². The van der Waals surface area contributed by atoms with Gasteiger partial charge in [-0.1, -0.05) is 17.7 Å². The van der Waals surface area contributed by atoms with E-state index in [-0.39, 0.29) is 5.91 Å². The van der Waals surface area contributed by atoms with Gasteiger partial charge < -0.3 is 4.90 Å². The number of anilines is 1. The minimum Gasteiger partial charge on any atom is -0.355 e. The van der Waals surface area contributed by atoms with E-state index in [4.69, 9.17) is 11.6 Å². The molecule has 3 rings (SSSR count). The number of carbonyl (C=O) groups is 1. The summed E-state index contributed by atoms with van der Waals surface area (Å²) in [4.78, 5) is 13.9. The highest BCUT2D eigenvalue weighted by Crippen LogP contribution is 2.33. The molecule has 1 aliphatic heterocycles. The van der Waals surface area contributed by atoms with Crippen molar-refractivity contribution in [3.05, 3.63) is 23.2 Å². The number of carbonyl (C=O) groups excluding carboxylic acids is 1. The standard InChI is InChI=1S/C14H16ClN3O/c1-10(19)18-12-7-5-6-11(15)13(12)14(16-18)17-8-3-2-4-9-17/h5-7H,2-4,8-9H2,1H3. The summed E-state index contributed by atoms with van der Waals surface area (Å²) >= 11 is 6.31. The Bertz CT molecular complexity index is 629. The van der Waals surface area contributed by atoms with Gasteiger partial charge in [-0.3, -0.25) is 4.79 Å². The Hall–Kier alpha value is -1.55. The van der Waals surface area contributed by atoms with E-state index in [1.54, 1.807) is 0 Å². The molecule has 4 nitrogen and oxygen atoms in total. The van der Waals surface area contributed by atoms with Crippen LogP contribution in [0.2, 0.25) is 5.02 Å². The Morgan fingerprint density at radius 3 is 2.68 bits per heavy atom. The SMILES string of the molecule is CC(=O)n1nc(N2CCCCC2)c2c(Cl)cccc21. The summed E-state index contributed by atoms with van der Waals surface area (Å²) in [6, 6.07) is 5.60. The number of nitrogens with zero attached hydrogens (tertiary/aromatic N) is 3. The van der Waals surface area contributed by atoms with Crippen molar-refractivity contribution in [3.63, 3.8) is 0 Å². The molecule has 1 aromatic heterocycles. The maximum absolute atomic E-state index is 11.7. The molecule has 1 aromatic carbocycles. The first-order chi connectivity index (χ1) is 9.18. The van der Waals surface area contributed by atoms with Crippen molar-refractivity contribution in [3.8, 4) is 0 Å². The second kappa shape index (κ2) is 4.85. The second-order valence-electron chi connectivity index (χ2n) is 4.94. The van der Waals surface area contributed by atoms with Gasteiger partial charge in [0.1, 0.15) is 0 Å². The Labute approximate surface area is 116 Å². The smallest absolute Gasteiger partial charge is 0.244 e. The molecule has 0 N–H and O–H groups in total. The molecule has 0 spiro atoms. The Morgan fingerprint density at radius 2 is 2.00 bits per heavy atom. The number of benzene rings is 1. The molecule has 0 amide bonds. The van der Waals surface area contributed by atoms with Gasteiger partial charge in [0.05, 0.1) is 15.9 Å². The monoisotopic (exact) mass is 277 g/mol. The van der Waals surface area contributed by atoms with E-state index in [2.05, 4.69) is 10.00 Å². The molecule has 19 heavy (non-hydrogen) atoms. The molecule has 0 radical (unpaired) electrons. The fourth-order valence-corrected chi connectivity index (χ4v) is 2.93. The maximum Gasteiger partial charge on any atom is 0.244 e. The summed E-state index contributed by atoms with van der Waals surface area (Å²) in [5.74, 6) is 0.756. The normalized spacial score (nSPS) is 16.0. The number of hydrogen-bond acceptors (Lipinski definition) is 3. The van der Waals surface area contributed by atoms with Crippen molar-refractivity contribution in [2.24, 2.45) is 0 Å². The number of aromatic nitrogens is 2. The third-order valence-electron chi connectivity index (χ3n) is 3.59. The number of halogens is 1. The molecule has 0 saturated carbocycles. The zero-order valence-corrected chi connectivity index (χ0v) is 11.7. The molecule has 1 aliphatic rings. The molecule has 1 fully saturated rings. The van der Waals surface area contributed by atoms with Gasteiger partial charge in [0.25, 0.3) is 0 Å². The van der Waals surface area contributed by atoms with Gasteiger partial charge in [0, 0.05) is 20.0 Å². The summed E-state index contributed by atoms with van der Waals surface area (Å²) in [6.07, 6.45) is 3.59. The maximum atomic E-state index is 11.7. The predicted octanol–water partition coefficient (Wildman–Crippen LogP) is 3.34. The lowest BCUT2D eigenvalue weighted by molar-refractivity contribution is 0.0927. The predicted molar refractivity (Wildman–Crippen MR) is 77.1 cm³/mol. The van der Waals surface area contributed by atoms with E-state index >= 15 is 0 Å². The molecule has 0 unspecified atom stereocenters. The third-order valence-corrected chi connectivity index (χ3v) is 3.91. The number of rotatable bonds is 1. The lowest BCUT2D eigenvalue weighted by atomic mass is 10.1. The summed E-state index contributed by atoms with van der Waals surface area (Å²) < 4.78 is 1.45. The van der Waals surface area contributed by atoms with Crippen LogP contribution in [-0.2, 0) is 0 Å². The molecule has 0 atom stereocenters. The van der Waals surface area contributed by atoms with Crippen molar-refractivity contribution < 1.29 is 4.79 Å². The minimum atomic E-state index is -0.0875. The van der Waals surface area contributed by atoms with Crippen LogP contribution in [0.5, 0.6) is 0 Å². The van der Waals surface area contributed by atoms with Crippen LogP contribution in [0.15, 0.2) is 18.2 Å². The van der Waals surface area contributed by atoms with Crippen molar-refractivity contribution >= 4 is 34.2 Å². The van der Waals surface area contributed by atoms with Crippen molar-refractivity contribution in [1.82, 2.24) is 9.78 Å². The van der Waals surface area contributed by atoms with E-state index < -0.39 is 0 Å².